The van der Waals surface area contributed by atoms with E-state index >= 15 is 0 Å². The maximum absolute atomic E-state index is 3.55. The van der Waals surface area contributed by atoms with Crippen molar-refractivity contribution < 1.29 is 0 Å². The van der Waals surface area contributed by atoms with E-state index in [1.165, 1.54) is 51.7 Å². The number of hydrogen-bond acceptors (Lipinski definition) is 2. The summed E-state index contributed by atoms with van der Waals surface area (Å²) in [5.41, 5.74) is 0.281. The summed E-state index contributed by atoms with van der Waals surface area (Å²) in [5, 5.41) is 3.55. The van der Waals surface area contributed by atoms with Gasteiger partial charge in [0.15, 0.2) is 0 Å². The van der Waals surface area contributed by atoms with E-state index in [2.05, 4.69) is 37.9 Å². The third kappa shape index (κ3) is 5.86. The zero-order chi connectivity index (χ0) is 12.0. The standard InChI is InChI=1S/C14H30N2/c1-13-9-8-12-16(13)11-7-5-6-10-15-14(2,3)4/h13,15H,5-12H2,1-4H3. The van der Waals surface area contributed by atoms with E-state index in [9.17, 15) is 0 Å². The van der Waals surface area contributed by atoms with E-state index in [0.29, 0.717) is 0 Å². The molecular formula is C14H30N2. The molecule has 1 aliphatic rings. The molecule has 0 aromatic rings. The summed E-state index contributed by atoms with van der Waals surface area (Å²) < 4.78 is 0. The van der Waals surface area contributed by atoms with Gasteiger partial charge in [0.2, 0.25) is 0 Å². The Morgan fingerprint density at radius 2 is 1.94 bits per heavy atom. The van der Waals surface area contributed by atoms with Crippen LogP contribution in [0.3, 0.4) is 0 Å². The molecule has 1 saturated heterocycles. The van der Waals surface area contributed by atoms with Crippen LogP contribution in [0.2, 0.25) is 0 Å². The molecule has 1 heterocycles. The Balaban J connectivity index is 1.92. The van der Waals surface area contributed by atoms with E-state index in [0.717, 1.165) is 6.04 Å². The second-order valence-electron chi connectivity index (χ2n) is 6.26. The molecule has 96 valence electrons. The van der Waals surface area contributed by atoms with Gasteiger partial charge in [-0.1, -0.05) is 6.42 Å². The normalized spacial score (nSPS) is 22.9. The summed E-state index contributed by atoms with van der Waals surface area (Å²) in [6, 6.07) is 0.840. The first-order chi connectivity index (χ1) is 7.49. The molecule has 0 radical (unpaired) electrons. The molecule has 1 unspecified atom stereocenters. The minimum absolute atomic E-state index is 0.281. The van der Waals surface area contributed by atoms with Crippen LogP contribution in [-0.2, 0) is 0 Å². The number of hydrogen-bond donors (Lipinski definition) is 1. The van der Waals surface area contributed by atoms with Crippen molar-refractivity contribution in [1.29, 1.82) is 0 Å². The quantitative estimate of drug-likeness (QED) is 0.700. The van der Waals surface area contributed by atoms with Crippen molar-refractivity contribution in [2.45, 2.75) is 71.4 Å². The molecule has 0 aliphatic carbocycles. The lowest BCUT2D eigenvalue weighted by molar-refractivity contribution is 0.261. The third-order valence-electron chi connectivity index (χ3n) is 3.47. The Morgan fingerprint density at radius 3 is 2.50 bits per heavy atom. The third-order valence-corrected chi connectivity index (χ3v) is 3.47. The van der Waals surface area contributed by atoms with E-state index in [1.807, 2.05) is 0 Å². The molecule has 1 fully saturated rings. The molecular weight excluding hydrogens is 196 g/mol. The predicted octanol–water partition coefficient (Wildman–Crippen LogP) is 3.03. The van der Waals surface area contributed by atoms with Gasteiger partial charge in [0.1, 0.15) is 0 Å². The van der Waals surface area contributed by atoms with Gasteiger partial charge in [0.25, 0.3) is 0 Å². The summed E-state index contributed by atoms with van der Waals surface area (Å²) in [6.07, 6.45) is 6.88. The number of rotatable bonds is 6. The molecule has 0 aromatic carbocycles. The molecule has 0 amide bonds. The summed E-state index contributed by atoms with van der Waals surface area (Å²) in [5.74, 6) is 0. The maximum Gasteiger partial charge on any atom is 0.00965 e. The van der Waals surface area contributed by atoms with Gasteiger partial charge in [-0.25, -0.2) is 0 Å². The second kappa shape index (κ2) is 6.61. The fraction of sp³-hybridized carbons (Fsp3) is 1.00. The van der Waals surface area contributed by atoms with Crippen molar-refractivity contribution in [3.8, 4) is 0 Å². The Hall–Kier alpha value is -0.0800. The van der Waals surface area contributed by atoms with Crippen LogP contribution in [0.25, 0.3) is 0 Å². The van der Waals surface area contributed by atoms with Crippen LogP contribution in [0.4, 0.5) is 0 Å². The summed E-state index contributed by atoms with van der Waals surface area (Å²) in [6.45, 7) is 12.9. The highest BCUT2D eigenvalue weighted by atomic mass is 15.2. The molecule has 1 rings (SSSR count). The van der Waals surface area contributed by atoms with Gasteiger partial charge in [0.05, 0.1) is 0 Å². The van der Waals surface area contributed by atoms with Crippen molar-refractivity contribution in [2.24, 2.45) is 0 Å². The highest BCUT2D eigenvalue weighted by molar-refractivity contribution is 4.75. The summed E-state index contributed by atoms with van der Waals surface area (Å²) in [4.78, 5) is 2.65. The Kier molecular flexibility index (Phi) is 5.77. The lowest BCUT2D eigenvalue weighted by Gasteiger charge is -2.22. The minimum atomic E-state index is 0.281. The Morgan fingerprint density at radius 1 is 1.19 bits per heavy atom. The Labute approximate surface area is 102 Å². The van der Waals surface area contributed by atoms with Crippen molar-refractivity contribution in [2.75, 3.05) is 19.6 Å². The van der Waals surface area contributed by atoms with E-state index in [-0.39, 0.29) is 5.54 Å². The topological polar surface area (TPSA) is 15.3 Å². The number of nitrogens with zero attached hydrogens (tertiary/aromatic N) is 1. The molecule has 2 heteroatoms. The molecule has 1 atom stereocenters. The van der Waals surface area contributed by atoms with Crippen LogP contribution in [0.15, 0.2) is 0 Å². The predicted molar refractivity (Wildman–Crippen MR) is 71.9 cm³/mol. The van der Waals surface area contributed by atoms with Crippen LogP contribution in [-0.4, -0.2) is 36.1 Å². The first-order valence-electron chi connectivity index (χ1n) is 6.98. The van der Waals surface area contributed by atoms with Crippen LogP contribution in [0.1, 0.15) is 59.8 Å². The average Bonchev–Trinajstić information content (AvgIpc) is 2.56. The lowest BCUT2D eigenvalue weighted by Crippen LogP contribution is -2.36. The van der Waals surface area contributed by atoms with Gasteiger partial charge in [-0.2, -0.15) is 0 Å². The first kappa shape index (κ1) is 14.0. The van der Waals surface area contributed by atoms with Crippen LogP contribution < -0.4 is 5.32 Å². The number of unbranched alkanes of at least 4 members (excludes halogenated alkanes) is 2. The molecule has 16 heavy (non-hydrogen) atoms. The largest absolute Gasteiger partial charge is 0.312 e. The molecule has 0 spiro atoms. The molecule has 1 N–H and O–H groups in total. The molecule has 2 nitrogen and oxygen atoms in total. The van der Waals surface area contributed by atoms with Gasteiger partial charge in [0, 0.05) is 11.6 Å². The zero-order valence-corrected chi connectivity index (χ0v) is 11.7. The van der Waals surface area contributed by atoms with Gasteiger partial charge < -0.3 is 10.2 Å². The summed E-state index contributed by atoms with van der Waals surface area (Å²) >= 11 is 0. The van der Waals surface area contributed by atoms with Crippen molar-refractivity contribution in [1.82, 2.24) is 10.2 Å². The van der Waals surface area contributed by atoms with E-state index in [4.69, 9.17) is 0 Å². The zero-order valence-electron chi connectivity index (χ0n) is 11.7. The minimum Gasteiger partial charge on any atom is -0.312 e. The van der Waals surface area contributed by atoms with Gasteiger partial charge >= 0.3 is 0 Å². The fourth-order valence-corrected chi connectivity index (χ4v) is 2.40. The maximum atomic E-state index is 3.55. The van der Waals surface area contributed by atoms with Gasteiger partial charge in [-0.3, -0.25) is 0 Å². The van der Waals surface area contributed by atoms with Crippen LogP contribution >= 0.6 is 0 Å². The lowest BCUT2D eigenvalue weighted by atomic mass is 10.1. The summed E-state index contributed by atoms with van der Waals surface area (Å²) in [7, 11) is 0. The number of nitrogens with one attached hydrogen (secondary N) is 1. The number of likely N-dealkylation sites (tertiary alicyclic amines) is 1. The van der Waals surface area contributed by atoms with E-state index in [1.54, 1.807) is 0 Å². The second-order valence-corrected chi connectivity index (χ2v) is 6.26. The monoisotopic (exact) mass is 226 g/mol. The van der Waals surface area contributed by atoms with Gasteiger partial charge in [-0.15, -0.1) is 0 Å². The van der Waals surface area contributed by atoms with Crippen molar-refractivity contribution in [3.63, 3.8) is 0 Å². The molecule has 0 bridgehead atoms. The molecule has 0 aromatic heterocycles. The van der Waals surface area contributed by atoms with Crippen LogP contribution in [0.5, 0.6) is 0 Å². The van der Waals surface area contributed by atoms with Crippen molar-refractivity contribution in [3.05, 3.63) is 0 Å². The highest BCUT2D eigenvalue weighted by Gasteiger charge is 2.18. The smallest absolute Gasteiger partial charge is 0.00965 e. The first-order valence-corrected chi connectivity index (χ1v) is 6.98. The molecule has 1 aliphatic heterocycles. The van der Waals surface area contributed by atoms with E-state index < -0.39 is 0 Å². The molecule has 0 saturated carbocycles. The van der Waals surface area contributed by atoms with Crippen LogP contribution in [0, 0.1) is 0 Å². The average molecular weight is 226 g/mol. The highest BCUT2D eigenvalue weighted by Crippen LogP contribution is 2.16. The fourth-order valence-electron chi connectivity index (χ4n) is 2.40. The van der Waals surface area contributed by atoms with Crippen molar-refractivity contribution >= 4 is 0 Å². The van der Waals surface area contributed by atoms with Gasteiger partial charge in [-0.05, 0) is 73.0 Å². The SMILES string of the molecule is CC1CCCN1CCCCCNC(C)(C)C. The Bertz CT molecular complexity index is 184.